The molecule has 1 aliphatic heterocycles. The van der Waals surface area contributed by atoms with Gasteiger partial charge >= 0.3 is 5.97 Å². The number of hydrogen-bond acceptors (Lipinski definition) is 4. The maximum Gasteiger partial charge on any atom is 0.309 e. The number of halogens is 1. The summed E-state index contributed by atoms with van der Waals surface area (Å²) in [5.41, 5.74) is 0.585. The second kappa shape index (κ2) is 7.87. The fourth-order valence-electron chi connectivity index (χ4n) is 2.84. The van der Waals surface area contributed by atoms with Crippen molar-refractivity contribution in [2.24, 2.45) is 5.92 Å². The van der Waals surface area contributed by atoms with Gasteiger partial charge in [-0.2, -0.15) is 0 Å². The van der Waals surface area contributed by atoms with Crippen LogP contribution in [0.25, 0.3) is 0 Å². The van der Waals surface area contributed by atoms with E-state index in [2.05, 4.69) is 5.32 Å². The van der Waals surface area contributed by atoms with Gasteiger partial charge in [0.15, 0.2) is 6.61 Å². The summed E-state index contributed by atoms with van der Waals surface area (Å²) in [7, 11) is 0. The minimum absolute atomic E-state index is 0.0627. The van der Waals surface area contributed by atoms with Crippen molar-refractivity contribution >= 4 is 29.4 Å². The van der Waals surface area contributed by atoms with Crippen molar-refractivity contribution in [1.82, 2.24) is 10.2 Å². The smallest absolute Gasteiger partial charge is 0.309 e. The fraction of sp³-hybridized carbons (Fsp3) is 0.500. The predicted molar refractivity (Wildman–Crippen MR) is 92.2 cm³/mol. The van der Waals surface area contributed by atoms with E-state index in [9.17, 15) is 14.4 Å². The average molecular weight is 365 g/mol. The molecule has 1 aliphatic carbocycles. The van der Waals surface area contributed by atoms with Gasteiger partial charge in [-0.3, -0.25) is 14.4 Å². The Balaban J connectivity index is 1.42. The first-order valence-electron chi connectivity index (χ1n) is 8.54. The van der Waals surface area contributed by atoms with Crippen LogP contribution in [0.5, 0.6) is 0 Å². The molecule has 7 heteroatoms. The van der Waals surface area contributed by atoms with Gasteiger partial charge < -0.3 is 15.0 Å². The molecule has 2 amide bonds. The molecule has 3 rings (SSSR count). The second-order valence-corrected chi connectivity index (χ2v) is 6.96. The third kappa shape index (κ3) is 4.95. The molecule has 1 saturated carbocycles. The molecule has 1 saturated heterocycles. The Kier molecular flexibility index (Phi) is 5.58. The third-order valence-electron chi connectivity index (χ3n) is 4.49. The van der Waals surface area contributed by atoms with Crippen molar-refractivity contribution in [1.29, 1.82) is 0 Å². The van der Waals surface area contributed by atoms with Crippen LogP contribution in [0.1, 0.15) is 36.0 Å². The van der Waals surface area contributed by atoms with Crippen LogP contribution in [0.15, 0.2) is 24.3 Å². The molecule has 1 aromatic carbocycles. The van der Waals surface area contributed by atoms with Gasteiger partial charge in [0.25, 0.3) is 11.8 Å². The molecule has 0 atom stereocenters. The Morgan fingerprint density at radius 3 is 2.32 bits per heavy atom. The lowest BCUT2D eigenvalue weighted by atomic mass is 9.96. The van der Waals surface area contributed by atoms with Crippen molar-refractivity contribution in [3.8, 4) is 0 Å². The number of rotatable bonds is 5. The van der Waals surface area contributed by atoms with Crippen LogP contribution >= 0.6 is 11.6 Å². The number of carbonyl (C=O) groups excluding carboxylic acids is 3. The zero-order valence-corrected chi connectivity index (χ0v) is 14.6. The van der Waals surface area contributed by atoms with Crippen molar-refractivity contribution in [3.05, 3.63) is 34.9 Å². The normalized spacial score (nSPS) is 17.9. The van der Waals surface area contributed by atoms with E-state index in [4.69, 9.17) is 16.3 Å². The first kappa shape index (κ1) is 17.7. The molecule has 25 heavy (non-hydrogen) atoms. The SMILES string of the molecule is O=C(COC(=O)C1CCN(C(=O)c2ccc(Cl)cc2)CC1)NC1CC1. The molecule has 2 fully saturated rings. The molecule has 0 spiro atoms. The van der Waals surface area contributed by atoms with Gasteiger partial charge in [0.05, 0.1) is 5.92 Å². The number of amides is 2. The van der Waals surface area contributed by atoms with Crippen molar-refractivity contribution in [3.63, 3.8) is 0 Å². The first-order valence-corrected chi connectivity index (χ1v) is 8.91. The van der Waals surface area contributed by atoms with Crippen LogP contribution in [0.2, 0.25) is 5.02 Å². The van der Waals surface area contributed by atoms with E-state index in [0.717, 1.165) is 12.8 Å². The number of nitrogens with one attached hydrogen (secondary N) is 1. The van der Waals surface area contributed by atoms with E-state index < -0.39 is 0 Å². The summed E-state index contributed by atoms with van der Waals surface area (Å²) in [6.07, 6.45) is 3.09. The first-order chi connectivity index (χ1) is 12.0. The van der Waals surface area contributed by atoms with Crippen molar-refractivity contribution in [2.45, 2.75) is 31.7 Å². The molecular formula is C18H21ClN2O4. The van der Waals surface area contributed by atoms with E-state index in [0.29, 0.717) is 36.5 Å². The molecule has 1 heterocycles. The Morgan fingerprint density at radius 2 is 1.72 bits per heavy atom. The summed E-state index contributed by atoms with van der Waals surface area (Å²) in [5.74, 6) is -0.925. The van der Waals surface area contributed by atoms with E-state index in [1.54, 1.807) is 29.2 Å². The Labute approximate surface area is 151 Å². The lowest BCUT2D eigenvalue weighted by Crippen LogP contribution is -2.41. The average Bonchev–Trinajstić information content (AvgIpc) is 3.44. The zero-order chi connectivity index (χ0) is 17.8. The quantitative estimate of drug-likeness (QED) is 0.811. The van der Waals surface area contributed by atoms with Crippen LogP contribution in [-0.2, 0) is 14.3 Å². The highest BCUT2D eigenvalue weighted by Crippen LogP contribution is 2.21. The van der Waals surface area contributed by atoms with Crippen molar-refractivity contribution in [2.75, 3.05) is 19.7 Å². The highest BCUT2D eigenvalue weighted by Gasteiger charge is 2.29. The molecule has 2 aliphatic rings. The standard InChI is InChI=1S/C18H21ClN2O4/c19-14-3-1-12(2-4-14)17(23)21-9-7-13(8-10-21)18(24)25-11-16(22)20-15-5-6-15/h1-4,13,15H,5-11H2,(H,20,22). The second-order valence-electron chi connectivity index (χ2n) is 6.52. The van der Waals surface area contributed by atoms with E-state index in [1.807, 2.05) is 0 Å². The molecular weight excluding hydrogens is 344 g/mol. The molecule has 0 unspecified atom stereocenters. The number of esters is 1. The number of ether oxygens (including phenoxy) is 1. The summed E-state index contributed by atoms with van der Waals surface area (Å²) in [4.78, 5) is 37.8. The van der Waals surface area contributed by atoms with Crippen LogP contribution in [0.4, 0.5) is 0 Å². The number of hydrogen-bond donors (Lipinski definition) is 1. The maximum absolute atomic E-state index is 12.4. The van der Waals surface area contributed by atoms with Crippen LogP contribution in [0.3, 0.4) is 0 Å². The van der Waals surface area contributed by atoms with Gasteiger partial charge in [-0.05, 0) is 49.9 Å². The molecule has 0 radical (unpaired) electrons. The topological polar surface area (TPSA) is 75.7 Å². The summed E-state index contributed by atoms with van der Waals surface area (Å²) < 4.78 is 5.10. The summed E-state index contributed by atoms with van der Waals surface area (Å²) in [6, 6.07) is 7.03. The van der Waals surface area contributed by atoms with Crippen molar-refractivity contribution < 1.29 is 19.1 Å². The van der Waals surface area contributed by atoms with E-state index in [-0.39, 0.29) is 36.4 Å². The number of carbonyl (C=O) groups is 3. The van der Waals surface area contributed by atoms with Crippen LogP contribution in [0, 0.1) is 5.92 Å². The van der Waals surface area contributed by atoms with Crippen LogP contribution in [-0.4, -0.2) is 48.4 Å². The minimum atomic E-state index is -0.357. The Morgan fingerprint density at radius 1 is 1.08 bits per heavy atom. The molecule has 6 nitrogen and oxygen atoms in total. The maximum atomic E-state index is 12.4. The molecule has 134 valence electrons. The largest absolute Gasteiger partial charge is 0.455 e. The fourth-order valence-corrected chi connectivity index (χ4v) is 2.97. The van der Waals surface area contributed by atoms with Gasteiger partial charge in [0.1, 0.15) is 0 Å². The number of nitrogens with zero attached hydrogens (tertiary/aromatic N) is 1. The zero-order valence-electron chi connectivity index (χ0n) is 13.9. The molecule has 0 aromatic heterocycles. The van der Waals surface area contributed by atoms with Crippen LogP contribution < -0.4 is 5.32 Å². The number of likely N-dealkylation sites (tertiary alicyclic amines) is 1. The van der Waals surface area contributed by atoms with E-state index >= 15 is 0 Å². The Bertz CT molecular complexity index is 650. The van der Waals surface area contributed by atoms with Gasteiger partial charge in [0.2, 0.25) is 0 Å². The minimum Gasteiger partial charge on any atom is -0.455 e. The van der Waals surface area contributed by atoms with E-state index in [1.165, 1.54) is 0 Å². The lowest BCUT2D eigenvalue weighted by molar-refractivity contribution is -0.153. The number of piperidine rings is 1. The third-order valence-corrected chi connectivity index (χ3v) is 4.75. The summed E-state index contributed by atoms with van der Waals surface area (Å²) in [5, 5.41) is 3.36. The molecule has 1 N–H and O–H groups in total. The lowest BCUT2D eigenvalue weighted by Gasteiger charge is -2.31. The van der Waals surface area contributed by atoms with Gasteiger partial charge in [0, 0.05) is 29.7 Å². The monoisotopic (exact) mass is 364 g/mol. The highest BCUT2D eigenvalue weighted by molar-refractivity contribution is 6.30. The predicted octanol–water partition coefficient (Wildman–Crippen LogP) is 2.01. The van der Waals surface area contributed by atoms with Gasteiger partial charge in [-0.15, -0.1) is 0 Å². The van der Waals surface area contributed by atoms with Gasteiger partial charge in [-0.25, -0.2) is 0 Å². The Hall–Kier alpha value is -2.08. The highest BCUT2D eigenvalue weighted by atomic mass is 35.5. The van der Waals surface area contributed by atoms with Gasteiger partial charge in [-0.1, -0.05) is 11.6 Å². The summed E-state index contributed by atoms with van der Waals surface area (Å²) in [6.45, 7) is 0.768. The molecule has 0 bridgehead atoms. The molecule has 1 aromatic rings. The summed E-state index contributed by atoms with van der Waals surface area (Å²) >= 11 is 5.83. The number of benzene rings is 1.